The molecule has 0 aromatic heterocycles. The van der Waals surface area contributed by atoms with Crippen LogP contribution in [0.3, 0.4) is 0 Å². The normalized spacial score (nSPS) is 18.3. The van der Waals surface area contributed by atoms with E-state index >= 15 is 8.78 Å². The van der Waals surface area contributed by atoms with Crippen LogP contribution in [-0.4, -0.2) is 0 Å². The van der Waals surface area contributed by atoms with Gasteiger partial charge in [-0.1, -0.05) is 70.2 Å². The van der Waals surface area contributed by atoms with Crippen molar-refractivity contribution in [3.63, 3.8) is 0 Å². The molecule has 1 aliphatic rings. The molecule has 3 aromatic carbocycles. The molecule has 0 saturated heterocycles. The average molecular weight is 515 g/mol. The van der Waals surface area contributed by atoms with E-state index in [4.69, 9.17) is 4.74 Å². The minimum Gasteiger partial charge on any atom is -0.429 e. The first kappa shape index (κ1) is 27.5. The van der Waals surface area contributed by atoms with Gasteiger partial charge in [-0.05, 0) is 78.8 Å². The van der Waals surface area contributed by atoms with Crippen LogP contribution in [0.15, 0.2) is 48.5 Å². The van der Waals surface area contributed by atoms with Gasteiger partial charge in [0.15, 0.2) is 0 Å². The summed E-state index contributed by atoms with van der Waals surface area (Å²) in [4.78, 5) is 0. The number of hydrogen-bond acceptors (Lipinski definition) is 1. The van der Waals surface area contributed by atoms with E-state index in [-0.39, 0.29) is 17.5 Å². The third-order valence-electron chi connectivity index (χ3n) is 7.88. The number of alkyl halides is 2. The highest BCUT2D eigenvalue weighted by Gasteiger charge is 2.35. The van der Waals surface area contributed by atoms with E-state index < -0.39 is 23.5 Å². The lowest BCUT2D eigenvalue weighted by Gasteiger charge is -2.29. The van der Waals surface area contributed by atoms with Crippen molar-refractivity contribution in [3.05, 3.63) is 76.9 Å². The monoisotopic (exact) mass is 514 g/mol. The summed E-state index contributed by atoms with van der Waals surface area (Å²) in [5.41, 5.74) is 0.833. The Morgan fingerprint density at radius 2 is 1.43 bits per heavy atom. The van der Waals surface area contributed by atoms with Crippen molar-refractivity contribution in [3.8, 4) is 5.75 Å². The van der Waals surface area contributed by atoms with Gasteiger partial charge in [-0.15, -0.1) is 0 Å². The van der Waals surface area contributed by atoms with E-state index in [0.29, 0.717) is 17.7 Å². The molecule has 3 aromatic rings. The molecule has 37 heavy (non-hydrogen) atoms. The Balaban J connectivity index is 1.45. The van der Waals surface area contributed by atoms with E-state index in [2.05, 4.69) is 13.0 Å². The van der Waals surface area contributed by atoms with Gasteiger partial charge >= 0.3 is 6.11 Å². The van der Waals surface area contributed by atoms with Gasteiger partial charge < -0.3 is 4.74 Å². The largest absolute Gasteiger partial charge is 0.429 e. The number of ether oxygens (including phenoxy) is 1. The maximum Gasteiger partial charge on any atom is 0.426 e. The predicted molar refractivity (Wildman–Crippen MR) is 142 cm³/mol. The van der Waals surface area contributed by atoms with Crippen LogP contribution in [0.25, 0.3) is 10.8 Å². The summed E-state index contributed by atoms with van der Waals surface area (Å²) in [5.74, 6) is -0.883. The number of halogens is 4. The predicted octanol–water partition coefficient (Wildman–Crippen LogP) is 10.4. The van der Waals surface area contributed by atoms with E-state index in [0.717, 1.165) is 36.3 Å². The molecule has 0 unspecified atom stereocenters. The first-order valence-electron chi connectivity index (χ1n) is 13.9. The highest BCUT2D eigenvalue weighted by atomic mass is 19.3. The van der Waals surface area contributed by atoms with Crippen molar-refractivity contribution in [1.29, 1.82) is 0 Å². The lowest BCUT2D eigenvalue weighted by molar-refractivity contribution is -0.185. The molecular formula is C32H38F4O. The molecule has 1 saturated carbocycles. The molecule has 0 radical (unpaired) electrons. The molecule has 0 N–H and O–H groups in total. The molecule has 1 fully saturated rings. The summed E-state index contributed by atoms with van der Waals surface area (Å²) in [6.45, 7) is 4.23. The van der Waals surface area contributed by atoms with E-state index in [9.17, 15) is 8.78 Å². The first-order chi connectivity index (χ1) is 17.8. The maximum absolute atomic E-state index is 15.0. The standard InChI is InChI=1S/C32H38F4O/c1-3-5-7-9-29-30(33)20-28(21-31(29)34)37-32(35,36)27-17-16-25-18-24(14-15-26(25)19-27)23-12-10-22(11-13-23)8-6-4-2/h14-23H,3-13H2,1-2H3. The minimum atomic E-state index is -3.73. The van der Waals surface area contributed by atoms with Crippen LogP contribution in [0.2, 0.25) is 0 Å². The van der Waals surface area contributed by atoms with Crippen LogP contribution >= 0.6 is 0 Å². The molecule has 0 amide bonds. The minimum absolute atomic E-state index is 0.0833. The zero-order valence-corrected chi connectivity index (χ0v) is 22.0. The van der Waals surface area contributed by atoms with Crippen LogP contribution in [0.5, 0.6) is 5.75 Å². The van der Waals surface area contributed by atoms with Crippen LogP contribution in [-0.2, 0) is 12.5 Å². The molecule has 200 valence electrons. The van der Waals surface area contributed by atoms with Gasteiger partial charge in [-0.25, -0.2) is 8.78 Å². The number of rotatable bonds is 11. The van der Waals surface area contributed by atoms with Crippen molar-refractivity contribution >= 4 is 10.8 Å². The highest BCUT2D eigenvalue weighted by molar-refractivity contribution is 5.84. The van der Waals surface area contributed by atoms with Crippen LogP contribution in [0.4, 0.5) is 17.6 Å². The van der Waals surface area contributed by atoms with Gasteiger partial charge in [0.1, 0.15) is 17.4 Å². The SMILES string of the molecule is CCCCCc1c(F)cc(OC(F)(F)c2ccc3cc(C4CCC(CCCC)CC4)ccc3c2)cc1F. The quantitative estimate of drug-likeness (QED) is 0.183. The van der Waals surface area contributed by atoms with Crippen molar-refractivity contribution in [1.82, 2.24) is 0 Å². The number of benzene rings is 3. The van der Waals surface area contributed by atoms with Gasteiger partial charge in [-0.2, -0.15) is 8.78 Å². The fourth-order valence-corrected chi connectivity index (χ4v) is 5.61. The van der Waals surface area contributed by atoms with Crippen LogP contribution in [0, 0.1) is 17.6 Å². The molecule has 0 atom stereocenters. The lowest BCUT2D eigenvalue weighted by Crippen LogP contribution is -2.22. The third kappa shape index (κ3) is 6.86. The summed E-state index contributed by atoms with van der Waals surface area (Å²) < 4.78 is 63.7. The summed E-state index contributed by atoms with van der Waals surface area (Å²) in [5, 5.41) is 1.59. The number of fused-ring (bicyclic) bond motifs is 1. The molecule has 4 rings (SSSR count). The van der Waals surface area contributed by atoms with Crippen molar-refractivity contribution in [2.75, 3.05) is 0 Å². The molecule has 0 heterocycles. The van der Waals surface area contributed by atoms with Crippen LogP contribution in [0.1, 0.15) is 101 Å². The summed E-state index contributed by atoms with van der Waals surface area (Å²) in [6.07, 6.45) is 7.64. The highest BCUT2D eigenvalue weighted by Crippen LogP contribution is 2.39. The number of unbranched alkanes of at least 4 members (excludes halogenated alkanes) is 3. The second-order valence-corrected chi connectivity index (χ2v) is 10.6. The van der Waals surface area contributed by atoms with Crippen molar-refractivity contribution in [2.45, 2.75) is 96.5 Å². The summed E-state index contributed by atoms with van der Waals surface area (Å²) >= 11 is 0. The Hall–Kier alpha value is -2.56. The van der Waals surface area contributed by atoms with Crippen molar-refractivity contribution < 1.29 is 22.3 Å². The smallest absolute Gasteiger partial charge is 0.426 e. The average Bonchev–Trinajstić information content (AvgIpc) is 2.88. The van der Waals surface area contributed by atoms with Gasteiger partial charge in [-0.3, -0.25) is 0 Å². The lowest BCUT2D eigenvalue weighted by atomic mass is 9.77. The molecular weight excluding hydrogens is 476 g/mol. The van der Waals surface area contributed by atoms with Crippen molar-refractivity contribution in [2.24, 2.45) is 5.92 Å². The Kier molecular flexibility index (Phi) is 9.15. The third-order valence-corrected chi connectivity index (χ3v) is 7.88. The molecule has 1 aliphatic carbocycles. The molecule has 0 aliphatic heterocycles. The zero-order valence-electron chi connectivity index (χ0n) is 22.0. The molecule has 5 heteroatoms. The Morgan fingerprint density at radius 1 is 0.784 bits per heavy atom. The second-order valence-electron chi connectivity index (χ2n) is 10.6. The Morgan fingerprint density at radius 3 is 2.11 bits per heavy atom. The van der Waals surface area contributed by atoms with E-state index in [1.165, 1.54) is 62.6 Å². The van der Waals surface area contributed by atoms with E-state index in [1.807, 2.05) is 19.1 Å². The summed E-state index contributed by atoms with van der Waals surface area (Å²) in [7, 11) is 0. The first-order valence-corrected chi connectivity index (χ1v) is 13.9. The topological polar surface area (TPSA) is 9.23 Å². The zero-order chi connectivity index (χ0) is 26.4. The van der Waals surface area contributed by atoms with E-state index in [1.54, 1.807) is 6.07 Å². The fourth-order valence-electron chi connectivity index (χ4n) is 5.61. The van der Waals surface area contributed by atoms with Gasteiger partial charge in [0.05, 0.1) is 5.56 Å². The van der Waals surface area contributed by atoms with Gasteiger partial charge in [0.2, 0.25) is 0 Å². The van der Waals surface area contributed by atoms with Gasteiger partial charge in [0.25, 0.3) is 0 Å². The maximum atomic E-state index is 15.0. The Labute approximate surface area is 218 Å². The van der Waals surface area contributed by atoms with Crippen LogP contribution < -0.4 is 4.74 Å². The Bertz CT molecular complexity index is 1160. The molecule has 1 nitrogen and oxygen atoms in total. The molecule has 0 spiro atoms. The fraction of sp³-hybridized carbons (Fsp3) is 0.500. The number of hydrogen-bond donors (Lipinski definition) is 0. The summed E-state index contributed by atoms with van der Waals surface area (Å²) in [6, 6.07) is 12.1. The molecule has 0 bridgehead atoms. The van der Waals surface area contributed by atoms with Gasteiger partial charge in [0, 0.05) is 17.7 Å². The second kappa shape index (κ2) is 12.3.